The number of anilines is 1. The first kappa shape index (κ1) is 16.5. The summed E-state index contributed by atoms with van der Waals surface area (Å²) in [6, 6.07) is 19.2. The summed E-state index contributed by atoms with van der Waals surface area (Å²) in [6.45, 7) is 1.12. The van der Waals surface area contributed by atoms with Crippen LogP contribution in [0.3, 0.4) is 0 Å². The quantitative estimate of drug-likeness (QED) is 0.675. The molecule has 0 saturated heterocycles. The molecule has 0 aromatic heterocycles. The van der Waals surface area contributed by atoms with Crippen molar-refractivity contribution in [2.75, 3.05) is 19.5 Å². The highest BCUT2D eigenvalue weighted by atomic mass is 16.5. The van der Waals surface area contributed by atoms with Gasteiger partial charge in [-0.3, -0.25) is 0 Å². The predicted molar refractivity (Wildman–Crippen MR) is 83.7 cm³/mol. The van der Waals surface area contributed by atoms with Crippen molar-refractivity contribution in [2.45, 2.75) is 13.0 Å². The first-order valence-electron chi connectivity index (χ1n) is 6.64. The number of methoxy groups -OCH3 is 1. The predicted octanol–water partition coefficient (Wildman–Crippen LogP) is 3.39. The van der Waals surface area contributed by atoms with Crippen molar-refractivity contribution < 1.29 is 9.47 Å². The number of benzene rings is 2. The van der Waals surface area contributed by atoms with Gasteiger partial charge < -0.3 is 15.2 Å². The molecule has 21 heavy (non-hydrogen) atoms. The van der Waals surface area contributed by atoms with Crippen LogP contribution in [0.1, 0.15) is 12.0 Å². The second-order valence-electron chi connectivity index (χ2n) is 4.22. The number of nitriles is 1. The molecular formula is C17H20N2O2. The van der Waals surface area contributed by atoms with Crippen molar-refractivity contribution in [1.29, 1.82) is 5.26 Å². The average Bonchev–Trinajstić information content (AvgIpc) is 2.54. The molecule has 0 bridgehead atoms. The summed E-state index contributed by atoms with van der Waals surface area (Å²) in [4.78, 5) is 0. The summed E-state index contributed by atoms with van der Waals surface area (Å²) in [6.07, 6.45) is 0.465. The lowest BCUT2D eigenvalue weighted by Crippen LogP contribution is -1.93. The zero-order chi connectivity index (χ0) is 15.3. The van der Waals surface area contributed by atoms with E-state index in [1.54, 1.807) is 19.2 Å². The number of nitrogen functional groups attached to an aromatic ring is 1. The highest BCUT2D eigenvalue weighted by Gasteiger charge is 1.90. The van der Waals surface area contributed by atoms with E-state index in [0.717, 1.165) is 17.0 Å². The van der Waals surface area contributed by atoms with Gasteiger partial charge in [-0.25, -0.2) is 0 Å². The largest absolute Gasteiger partial charge is 0.497 e. The van der Waals surface area contributed by atoms with Crippen LogP contribution in [0.2, 0.25) is 0 Å². The van der Waals surface area contributed by atoms with Gasteiger partial charge in [0, 0.05) is 5.69 Å². The van der Waals surface area contributed by atoms with Gasteiger partial charge in [0.1, 0.15) is 5.75 Å². The Balaban J connectivity index is 0.000000219. The lowest BCUT2D eigenvalue weighted by molar-refractivity contribution is 0.126. The summed E-state index contributed by atoms with van der Waals surface area (Å²) >= 11 is 0. The maximum absolute atomic E-state index is 8.23. The Hall–Kier alpha value is -2.51. The Kier molecular flexibility index (Phi) is 8.11. The maximum atomic E-state index is 8.23. The van der Waals surface area contributed by atoms with Crippen LogP contribution < -0.4 is 10.5 Å². The first-order chi connectivity index (χ1) is 10.3. The Morgan fingerprint density at radius 1 is 1.05 bits per heavy atom. The Morgan fingerprint density at radius 3 is 2.29 bits per heavy atom. The number of ether oxygens (including phenoxy) is 2. The fraction of sp³-hybridized carbons (Fsp3) is 0.235. The van der Waals surface area contributed by atoms with Crippen LogP contribution in [0.15, 0.2) is 54.6 Å². The molecule has 4 heteroatoms. The maximum Gasteiger partial charge on any atom is 0.119 e. The summed E-state index contributed by atoms with van der Waals surface area (Å²) < 4.78 is 10.2. The Labute approximate surface area is 125 Å². The van der Waals surface area contributed by atoms with Crippen molar-refractivity contribution in [3.05, 3.63) is 60.2 Å². The lowest BCUT2D eigenvalue weighted by atomic mass is 10.2. The van der Waals surface area contributed by atoms with E-state index in [4.69, 9.17) is 20.5 Å². The normalized spacial score (nSPS) is 9.14. The molecule has 0 aliphatic rings. The molecule has 0 atom stereocenters. The summed E-state index contributed by atoms with van der Waals surface area (Å²) in [5.41, 5.74) is 7.33. The molecule has 2 rings (SSSR count). The summed E-state index contributed by atoms with van der Waals surface area (Å²) in [7, 11) is 1.63. The number of nitrogens with zero attached hydrogens (tertiary/aromatic N) is 1. The zero-order valence-electron chi connectivity index (χ0n) is 12.2. The molecule has 0 amide bonds. The smallest absolute Gasteiger partial charge is 0.119 e. The molecule has 110 valence electrons. The van der Waals surface area contributed by atoms with E-state index in [1.807, 2.05) is 48.5 Å². The molecule has 2 aromatic carbocycles. The molecule has 4 nitrogen and oxygen atoms in total. The van der Waals surface area contributed by atoms with Crippen molar-refractivity contribution in [2.24, 2.45) is 0 Å². The van der Waals surface area contributed by atoms with Crippen LogP contribution in [0.4, 0.5) is 5.69 Å². The monoisotopic (exact) mass is 284 g/mol. The highest BCUT2D eigenvalue weighted by Crippen LogP contribution is 2.11. The lowest BCUT2D eigenvalue weighted by Gasteiger charge is -2.00. The van der Waals surface area contributed by atoms with E-state index >= 15 is 0 Å². The number of nitrogens with two attached hydrogens (primary N) is 1. The van der Waals surface area contributed by atoms with Crippen molar-refractivity contribution in [1.82, 2.24) is 0 Å². The number of hydrogen-bond acceptors (Lipinski definition) is 4. The molecule has 0 aliphatic carbocycles. The molecule has 0 aliphatic heterocycles. The minimum atomic E-state index is 0.465. The van der Waals surface area contributed by atoms with Gasteiger partial charge in [-0.15, -0.1) is 0 Å². The topological polar surface area (TPSA) is 68.3 Å². The van der Waals surface area contributed by atoms with E-state index < -0.39 is 0 Å². The molecule has 2 N–H and O–H groups in total. The van der Waals surface area contributed by atoms with Gasteiger partial charge in [-0.05, 0) is 29.8 Å². The standard InChI is InChI=1S/C10H11NO.C7H9NO/c11-7-4-8-12-9-10-5-2-1-3-6-10;1-9-7-4-2-6(8)3-5-7/h1-3,5-6H,4,8-9H2;2-5H,8H2,1H3. The SMILES string of the molecule is COc1ccc(N)cc1.N#CCCOCc1ccccc1. The third kappa shape index (κ3) is 7.61. The first-order valence-corrected chi connectivity index (χ1v) is 6.64. The van der Waals surface area contributed by atoms with Gasteiger partial charge >= 0.3 is 0 Å². The van der Waals surface area contributed by atoms with Crippen molar-refractivity contribution in [3.8, 4) is 11.8 Å². The van der Waals surface area contributed by atoms with Crippen molar-refractivity contribution in [3.63, 3.8) is 0 Å². The molecule has 0 fully saturated rings. The van der Waals surface area contributed by atoms with Gasteiger partial charge in [0.2, 0.25) is 0 Å². The van der Waals surface area contributed by atoms with Crippen LogP contribution >= 0.6 is 0 Å². The van der Waals surface area contributed by atoms with Crippen LogP contribution in [-0.4, -0.2) is 13.7 Å². The van der Waals surface area contributed by atoms with E-state index in [-0.39, 0.29) is 0 Å². The third-order valence-electron chi connectivity index (χ3n) is 2.59. The van der Waals surface area contributed by atoms with Gasteiger partial charge in [0.05, 0.1) is 32.8 Å². The second-order valence-corrected chi connectivity index (χ2v) is 4.22. The molecule has 0 unspecified atom stereocenters. The van der Waals surface area contributed by atoms with E-state index in [1.165, 1.54) is 0 Å². The molecule has 2 aromatic rings. The Bertz CT molecular complexity index is 533. The average molecular weight is 284 g/mol. The fourth-order valence-corrected chi connectivity index (χ4v) is 1.49. The number of rotatable bonds is 5. The fourth-order valence-electron chi connectivity index (χ4n) is 1.49. The minimum absolute atomic E-state index is 0.465. The summed E-state index contributed by atoms with van der Waals surface area (Å²) in [5, 5.41) is 8.23. The highest BCUT2D eigenvalue weighted by molar-refractivity contribution is 5.41. The van der Waals surface area contributed by atoms with Crippen molar-refractivity contribution >= 4 is 5.69 Å². The van der Waals surface area contributed by atoms with Crippen LogP contribution in [0.5, 0.6) is 5.75 Å². The van der Waals surface area contributed by atoms with E-state index in [0.29, 0.717) is 19.6 Å². The molecule has 0 heterocycles. The van der Waals surface area contributed by atoms with E-state index in [2.05, 4.69) is 0 Å². The van der Waals surface area contributed by atoms with Crippen LogP contribution in [0, 0.1) is 11.3 Å². The van der Waals surface area contributed by atoms with Crippen LogP contribution in [-0.2, 0) is 11.3 Å². The molecule has 0 saturated carbocycles. The Morgan fingerprint density at radius 2 is 1.71 bits per heavy atom. The molecule has 0 radical (unpaired) electrons. The van der Waals surface area contributed by atoms with Gasteiger partial charge in [-0.1, -0.05) is 30.3 Å². The second kappa shape index (κ2) is 10.3. The van der Waals surface area contributed by atoms with E-state index in [9.17, 15) is 0 Å². The number of hydrogen-bond donors (Lipinski definition) is 1. The van der Waals surface area contributed by atoms with Gasteiger partial charge in [0.25, 0.3) is 0 Å². The van der Waals surface area contributed by atoms with Gasteiger partial charge in [0.15, 0.2) is 0 Å². The third-order valence-corrected chi connectivity index (χ3v) is 2.59. The van der Waals surface area contributed by atoms with Crippen LogP contribution in [0.25, 0.3) is 0 Å². The van der Waals surface area contributed by atoms with Gasteiger partial charge in [-0.2, -0.15) is 5.26 Å². The molecular weight excluding hydrogens is 264 g/mol. The molecule has 0 spiro atoms. The minimum Gasteiger partial charge on any atom is -0.497 e. The summed E-state index contributed by atoms with van der Waals surface area (Å²) in [5.74, 6) is 0.837. The zero-order valence-corrected chi connectivity index (χ0v) is 12.2.